The van der Waals surface area contributed by atoms with Crippen LogP contribution in [0.25, 0.3) is 0 Å². The van der Waals surface area contributed by atoms with E-state index in [1.54, 1.807) is 0 Å². The van der Waals surface area contributed by atoms with E-state index in [1.807, 2.05) is 0 Å². The highest BCUT2D eigenvalue weighted by atomic mass is 79.9. The summed E-state index contributed by atoms with van der Waals surface area (Å²) < 4.78 is 35.3. The van der Waals surface area contributed by atoms with E-state index in [0.717, 1.165) is 6.26 Å². The molecule has 106 valence electrons. The molecule has 1 aromatic rings. The van der Waals surface area contributed by atoms with E-state index in [2.05, 4.69) is 15.9 Å². The Morgan fingerprint density at radius 1 is 1.47 bits per heavy atom. The summed E-state index contributed by atoms with van der Waals surface area (Å²) >= 11 is 3.03. The number of halogens is 2. The molecular formula is C12H15BrFNO3S. The molecule has 0 heterocycles. The second-order valence-electron chi connectivity index (χ2n) is 4.42. The standard InChI is InChI=1S/C12H15BrFNO3S/c1-19(17,18)5-4-11(15)12(16)7-8-2-3-10(14)9(13)6-8/h2-3,6,11H,4-5,7,15H2,1H3. The monoisotopic (exact) mass is 351 g/mol. The van der Waals surface area contributed by atoms with Crippen molar-refractivity contribution in [2.24, 2.45) is 5.73 Å². The number of nitrogens with two attached hydrogens (primary N) is 1. The third kappa shape index (κ3) is 5.80. The van der Waals surface area contributed by atoms with Gasteiger partial charge in [0.05, 0.1) is 16.3 Å². The first-order valence-electron chi connectivity index (χ1n) is 5.59. The van der Waals surface area contributed by atoms with Gasteiger partial charge >= 0.3 is 0 Å². The van der Waals surface area contributed by atoms with Gasteiger partial charge < -0.3 is 5.73 Å². The van der Waals surface area contributed by atoms with Crippen LogP contribution in [0.5, 0.6) is 0 Å². The maximum absolute atomic E-state index is 13.0. The lowest BCUT2D eigenvalue weighted by atomic mass is 10.0. The third-order valence-electron chi connectivity index (χ3n) is 2.58. The van der Waals surface area contributed by atoms with Gasteiger partial charge in [-0.2, -0.15) is 0 Å². The molecule has 0 aliphatic carbocycles. The van der Waals surface area contributed by atoms with E-state index >= 15 is 0 Å². The number of Topliss-reactive ketones (excluding diaryl/α,β-unsaturated/α-hetero) is 1. The number of rotatable bonds is 6. The molecule has 0 spiro atoms. The minimum Gasteiger partial charge on any atom is -0.321 e. The Bertz CT molecular complexity index is 574. The van der Waals surface area contributed by atoms with Gasteiger partial charge in [0.25, 0.3) is 0 Å². The van der Waals surface area contributed by atoms with Crippen molar-refractivity contribution < 1.29 is 17.6 Å². The molecule has 0 aliphatic rings. The van der Waals surface area contributed by atoms with E-state index in [1.165, 1.54) is 18.2 Å². The minimum absolute atomic E-state index is 0.0593. The lowest BCUT2D eigenvalue weighted by Crippen LogP contribution is -2.33. The molecule has 4 nitrogen and oxygen atoms in total. The summed E-state index contributed by atoms with van der Waals surface area (Å²) in [5.74, 6) is -0.785. The van der Waals surface area contributed by atoms with E-state index in [4.69, 9.17) is 5.73 Å². The highest BCUT2D eigenvalue weighted by Gasteiger charge is 2.16. The summed E-state index contributed by atoms with van der Waals surface area (Å²) in [4.78, 5) is 11.8. The van der Waals surface area contributed by atoms with Crippen molar-refractivity contribution in [3.63, 3.8) is 0 Å². The molecule has 0 aliphatic heterocycles. The Morgan fingerprint density at radius 2 is 2.11 bits per heavy atom. The molecule has 0 aromatic heterocycles. The lowest BCUT2D eigenvalue weighted by molar-refractivity contribution is -0.119. The number of carbonyl (C=O) groups excluding carboxylic acids is 1. The predicted octanol–water partition coefficient (Wildman–Crippen LogP) is 1.46. The molecule has 7 heteroatoms. The molecule has 0 saturated carbocycles. The first kappa shape index (κ1) is 16.3. The highest BCUT2D eigenvalue weighted by Crippen LogP contribution is 2.17. The molecular weight excluding hydrogens is 337 g/mol. The largest absolute Gasteiger partial charge is 0.321 e. The summed E-state index contributed by atoms with van der Waals surface area (Å²) in [5.41, 5.74) is 6.27. The Balaban J connectivity index is 2.61. The van der Waals surface area contributed by atoms with Crippen molar-refractivity contribution >= 4 is 31.6 Å². The lowest BCUT2D eigenvalue weighted by Gasteiger charge is -2.10. The molecule has 0 fully saturated rings. The van der Waals surface area contributed by atoms with Crippen molar-refractivity contribution in [1.82, 2.24) is 0 Å². The number of hydrogen-bond acceptors (Lipinski definition) is 4. The normalized spacial score (nSPS) is 13.3. The molecule has 1 unspecified atom stereocenters. The Morgan fingerprint density at radius 3 is 2.63 bits per heavy atom. The van der Waals surface area contributed by atoms with Gasteiger partial charge in [0, 0.05) is 12.7 Å². The van der Waals surface area contributed by atoms with E-state index in [0.29, 0.717) is 5.56 Å². The third-order valence-corrected chi connectivity index (χ3v) is 4.16. The van der Waals surface area contributed by atoms with E-state index in [-0.39, 0.29) is 28.9 Å². The molecule has 0 amide bonds. The zero-order valence-corrected chi connectivity index (χ0v) is 12.8. The van der Waals surface area contributed by atoms with E-state index < -0.39 is 21.7 Å². The van der Waals surface area contributed by atoms with Crippen molar-refractivity contribution in [3.05, 3.63) is 34.1 Å². The maximum atomic E-state index is 13.0. The second-order valence-corrected chi connectivity index (χ2v) is 7.53. The van der Waals surface area contributed by atoms with Gasteiger partial charge in [-0.15, -0.1) is 0 Å². The van der Waals surface area contributed by atoms with Crippen molar-refractivity contribution in [2.45, 2.75) is 18.9 Å². The average Bonchev–Trinajstić information content (AvgIpc) is 2.29. The van der Waals surface area contributed by atoms with Crippen LogP contribution in [0.15, 0.2) is 22.7 Å². The summed E-state index contributed by atoms with van der Waals surface area (Å²) in [5, 5.41) is 0. The SMILES string of the molecule is CS(=O)(=O)CCC(N)C(=O)Cc1ccc(F)c(Br)c1. The van der Waals surface area contributed by atoms with Crippen LogP contribution < -0.4 is 5.73 Å². The average molecular weight is 352 g/mol. The molecule has 19 heavy (non-hydrogen) atoms. The molecule has 2 N–H and O–H groups in total. The smallest absolute Gasteiger partial charge is 0.153 e. The van der Waals surface area contributed by atoms with Crippen LogP contribution >= 0.6 is 15.9 Å². The first-order chi connectivity index (χ1) is 8.69. The fourth-order valence-electron chi connectivity index (χ4n) is 1.48. The number of ketones is 1. The molecule has 1 aromatic carbocycles. The summed E-state index contributed by atoms with van der Waals surface area (Å²) in [6.07, 6.45) is 1.26. The molecule has 0 bridgehead atoms. The summed E-state index contributed by atoms with van der Waals surface area (Å²) in [7, 11) is -3.13. The van der Waals surface area contributed by atoms with Crippen LogP contribution in [0.2, 0.25) is 0 Å². The van der Waals surface area contributed by atoms with Crippen molar-refractivity contribution in [1.29, 1.82) is 0 Å². The minimum atomic E-state index is -3.13. The fraction of sp³-hybridized carbons (Fsp3) is 0.417. The summed E-state index contributed by atoms with van der Waals surface area (Å²) in [6.45, 7) is 0. The van der Waals surface area contributed by atoms with Crippen molar-refractivity contribution in [3.8, 4) is 0 Å². The zero-order valence-electron chi connectivity index (χ0n) is 10.4. The van der Waals surface area contributed by atoms with E-state index in [9.17, 15) is 17.6 Å². The topological polar surface area (TPSA) is 77.2 Å². The van der Waals surface area contributed by atoms with Gasteiger partial charge in [-0.1, -0.05) is 6.07 Å². The molecule has 1 atom stereocenters. The molecule has 1 rings (SSSR count). The van der Waals surface area contributed by atoms with Crippen molar-refractivity contribution in [2.75, 3.05) is 12.0 Å². The van der Waals surface area contributed by atoms with Gasteiger partial charge in [-0.05, 0) is 40.0 Å². The second kappa shape index (κ2) is 6.58. The highest BCUT2D eigenvalue weighted by molar-refractivity contribution is 9.10. The van der Waals surface area contributed by atoms with Crippen LogP contribution in [0.4, 0.5) is 4.39 Å². The Kier molecular flexibility index (Phi) is 5.64. The molecule has 0 saturated heterocycles. The van der Waals surface area contributed by atoms with Crippen LogP contribution in [0.1, 0.15) is 12.0 Å². The number of hydrogen-bond donors (Lipinski definition) is 1. The molecule has 0 radical (unpaired) electrons. The Hall–Kier alpha value is -0.790. The van der Waals surface area contributed by atoms with Gasteiger partial charge in [0.15, 0.2) is 5.78 Å². The Labute approximate surface area is 120 Å². The van der Waals surface area contributed by atoms with Crippen LogP contribution in [0, 0.1) is 5.82 Å². The fourth-order valence-corrected chi connectivity index (χ4v) is 2.59. The van der Waals surface area contributed by atoms with Crippen LogP contribution in [-0.2, 0) is 21.1 Å². The van der Waals surface area contributed by atoms with Crippen LogP contribution in [0.3, 0.4) is 0 Å². The van der Waals surface area contributed by atoms with Gasteiger partial charge in [-0.25, -0.2) is 12.8 Å². The predicted molar refractivity (Wildman–Crippen MR) is 75.1 cm³/mol. The van der Waals surface area contributed by atoms with Gasteiger partial charge in [-0.3, -0.25) is 4.79 Å². The number of benzene rings is 1. The maximum Gasteiger partial charge on any atom is 0.153 e. The first-order valence-corrected chi connectivity index (χ1v) is 8.44. The summed E-state index contributed by atoms with van der Waals surface area (Å²) in [6, 6.07) is 3.45. The van der Waals surface area contributed by atoms with Gasteiger partial charge in [0.1, 0.15) is 15.7 Å². The number of sulfone groups is 1. The van der Waals surface area contributed by atoms with Crippen LogP contribution in [-0.4, -0.2) is 32.3 Å². The quantitative estimate of drug-likeness (QED) is 0.841. The number of carbonyl (C=O) groups is 1. The zero-order chi connectivity index (χ0) is 14.6. The van der Waals surface area contributed by atoms with Gasteiger partial charge in [0.2, 0.25) is 0 Å².